The summed E-state index contributed by atoms with van der Waals surface area (Å²) in [5, 5.41) is 9.38. The van der Waals surface area contributed by atoms with Gasteiger partial charge in [0, 0.05) is 31.7 Å². The molecule has 1 saturated heterocycles. The number of carbonyl (C=O) groups is 1. The third-order valence-corrected chi connectivity index (χ3v) is 3.00. The topological polar surface area (TPSA) is 53.4 Å². The minimum Gasteiger partial charge on any atom is -0.396 e. The Morgan fingerprint density at radius 2 is 2.44 bits per heavy atom. The Morgan fingerprint density at radius 3 is 3.06 bits per heavy atom. The number of aliphatic hydroxyl groups excluding tert-OH is 1. The van der Waals surface area contributed by atoms with Gasteiger partial charge in [-0.15, -0.1) is 0 Å². The molecule has 1 aliphatic heterocycles. The summed E-state index contributed by atoms with van der Waals surface area (Å²) < 4.78 is 0. The van der Waals surface area contributed by atoms with Crippen molar-refractivity contribution >= 4 is 23.2 Å². The highest BCUT2D eigenvalue weighted by Gasteiger charge is 2.31. The van der Waals surface area contributed by atoms with Crippen LogP contribution in [0.2, 0.25) is 5.15 Å². The summed E-state index contributed by atoms with van der Waals surface area (Å²) in [4.78, 5) is 17.4. The number of aliphatic hydroxyl groups is 1. The standard InChI is InChI=1S/C11H13ClN2O2/c1-7-2-9(11(12)13-4-7)14-5-8(6-15)3-10(14)16/h2,4,8,15H,3,5-6H2,1H3. The number of hydrogen-bond acceptors (Lipinski definition) is 3. The number of hydrogen-bond donors (Lipinski definition) is 1. The van der Waals surface area contributed by atoms with Gasteiger partial charge in [-0.2, -0.15) is 0 Å². The van der Waals surface area contributed by atoms with Crippen LogP contribution in [0.5, 0.6) is 0 Å². The molecule has 2 heterocycles. The molecule has 0 aliphatic carbocycles. The van der Waals surface area contributed by atoms with E-state index in [-0.39, 0.29) is 18.4 Å². The Hall–Kier alpha value is -1.13. The van der Waals surface area contributed by atoms with Crippen molar-refractivity contribution in [1.29, 1.82) is 0 Å². The van der Waals surface area contributed by atoms with Crippen LogP contribution in [-0.2, 0) is 4.79 Å². The molecule has 0 saturated carbocycles. The fourth-order valence-corrected chi connectivity index (χ4v) is 2.07. The van der Waals surface area contributed by atoms with E-state index in [9.17, 15) is 4.79 Å². The van der Waals surface area contributed by atoms with Crippen molar-refractivity contribution in [2.45, 2.75) is 13.3 Å². The van der Waals surface area contributed by atoms with Crippen molar-refractivity contribution < 1.29 is 9.90 Å². The quantitative estimate of drug-likeness (QED) is 0.795. The van der Waals surface area contributed by atoms with Crippen molar-refractivity contribution in [1.82, 2.24) is 4.98 Å². The molecule has 0 bridgehead atoms. The lowest BCUT2D eigenvalue weighted by Gasteiger charge is -2.17. The monoisotopic (exact) mass is 240 g/mol. The second kappa shape index (κ2) is 4.39. The third kappa shape index (κ3) is 2.03. The highest BCUT2D eigenvalue weighted by molar-refractivity contribution is 6.32. The van der Waals surface area contributed by atoms with Gasteiger partial charge in [-0.25, -0.2) is 4.98 Å². The molecule has 2 rings (SSSR count). The number of carbonyl (C=O) groups excluding carboxylic acids is 1. The number of halogens is 1. The first kappa shape index (κ1) is 11.4. The van der Waals surface area contributed by atoms with E-state index in [0.717, 1.165) is 5.56 Å². The van der Waals surface area contributed by atoms with E-state index in [1.165, 1.54) is 0 Å². The van der Waals surface area contributed by atoms with Crippen molar-refractivity contribution in [2.24, 2.45) is 5.92 Å². The van der Waals surface area contributed by atoms with E-state index in [4.69, 9.17) is 16.7 Å². The van der Waals surface area contributed by atoms with Crippen LogP contribution in [0.1, 0.15) is 12.0 Å². The molecule has 1 amide bonds. The predicted octanol–water partition coefficient (Wildman–Crippen LogP) is 1.39. The normalized spacial score (nSPS) is 20.6. The van der Waals surface area contributed by atoms with Gasteiger partial charge >= 0.3 is 0 Å². The van der Waals surface area contributed by atoms with Gasteiger partial charge in [0.2, 0.25) is 5.91 Å². The summed E-state index contributed by atoms with van der Waals surface area (Å²) in [7, 11) is 0. The molecule has 1 atom stereocenters. The lowest BCUT2D eigenvalue weighted by atomic mass is 10.1. The van der Waals surface area contributed by atoms with E-state index >= 15 is 0 Å². The molecule has 86 valence electrons. The number of aryl methyl sites for hydroxylation is 1. The van der Waals surface area contributed by atoms with Crippen LogP contribution in [0, 0.1) is 12.8 Å². The Bertz CT molecular complexity index is 422. The van der Waals surface area contributed by atoms with Gasteiger partial charge < -0.3 is 10.0 Å². The molecule has 1 aromatic rings. The van der Waals surface area contributed by atoms with E-state index in [2.05, 4.69) is 4.98 Å². The van der Waals surface area contributed by atoms with Crippen LogP contribution in [0.15, 0.2) is 12.3 Å². The summed E-state index contributed by atoms with van der Waals surface area (Å²) in [6, 6.07) is 1.84. The molecule has 1 unspecified atom stereocenters. The number of anilines is 1. The Kier molecular flexibility index (Phi) is 3.12. The van der Waals surface area contributed by atoms with Crippen LogP contribution in [0.3, 0.4) is 0 Å². The number of aromatic nitrogens is 1. The number of rotatable bonds is 2. The third-order valence-electron chi connectivity index (χ3n) is 2.71. The van der Waals surface area contributed by atoms with E-state index in [1.54, 1.807) is 11.1 Å². The molecule has 1 aliphatic rings. The SMILES string of the molecule is Cc1cnc(Cl)c(N2CC(CO)CC2=O)c1. The van der Waals surface area contributed by atoms with Gasteiger partial charge in [-0.05, 0) is 18.6 Å². The molecular weight excluding hydrogens is 228 g/mol. The Morgan fingerprint density at radius 1 is 1.69 bits per heavy atom. The van der Waals surface area contributed by atoms with E-state index in [0.29, 0.717) is 23.8 Å². The zero-order valence-electron chi connectivity index (χ0n) is 8.98. The molecule has 0 radical (unpaired) electrons. The minimum atomic E-state index is -0.00616. The molecule has 1 aromatic heterocycles. The van der Waals surface area contributed by atoms with Gasteiger partial charge in [0.15, 0.2) is 5.15 Å². The lowest BCUT2D eigenvalue weighted by Crippen LogP contribution is -2.25. The van der Waals surface area contributed by atoms with Crippen molar-refractivity contribution in [3.63, 3.8) is 0 Å². The average Bonchev–Trinajstić information content (AvgIpc) is 2.63. The molecule has 1 fully saturated rings. The van der Waals surface area contributed by atoms with Crippen molar-refractivity contribution in [3.8, 4) is 0 Å². The maximum atomic E-state index is 11.7. The second-order valence-corrected chi connectivity index (χ2v) is 4.44. The summed E-state index contributed by atoms with van der Waals surface area (Å²) in [6.45, 7) is 2.44. The van der Waals surface area contributed by atoms with E-state index in [1.807, 2.05) is 13.0 Å². The first-order chi connectivity index (χ1) is 7.61. The predicted molar refractivity (Wildman–Crippen MR) is 61.5 cm³/mol. The fourth-order valence-electron chi connectivity index (χ4n) is 1.86. The minimum absolute atomic E-state index is 0.00378. The van der Waals surface area contributed by atoms with E-state index < -0.39 is 0 Å². The first-order valence-electron chi connectivity index (χ1n) is 5.15. The van der Waals surface area contributed by atoms with Gasteiger partial charge in [0.05, 0.1) is 5.69 Å². The van der Waals surface area contributed by atoms with Crippen molar-refractivity contribution in [3.05, 3.63) is 23.0 Å². The van der Waals surface area contributed by atoms with Crippen molar-refractivity contribution in [2.75, 3.05) is 18.1 Å². The first-order valence-corrected chi connectivity index (χ1v) is 5.53. The maximum Gasteiger partial charge on any atom is 0.227 e. The smallest absolute Gasteiger partial charge is 0.227 e. The summed E-state index contributed by atoms with van der Waals surface area (Å²) in [5.41, 5.74) is 1.60. The van der Waals surface area contributed by atoms with Gasteiger partial charge in [0.1, 0.15) is 0 Å². The molecule has 5 heteroatoms. The van der Waals surface area contributed by atoms with Crippen LogP contribution in [-0.4, -0.2) is 29.1 Å². The average molecular weight is 241 g/mol. The number of nitrogens with zero attached hydrogens (tertiary/aromatic N) is 2. The zero-order chi connectivity index (χ0) is 11.7. The maximum absolute atomic E-state index is 11.7. The molecule has 1 N–H and O–H groups in total. The summed E-state index contributed by atoms with van der Waals surface area (Å²) >= 11 is 5.96. The lowest BCUT2D eigenvalue weighted by molar-refractivity contribution is -0.117. The molecule has 16 heavy (non-hydrogen) atoms. The van der Waals surface area contributed by atoms with Crippen LogP contribution < -0.4 is 4.90 Å². The zero-order valence-corrected chi connectivity index (χ0v) is 9.74. The molecule has 0 aromatic carbocycles. The summed E-state index contributed by atoms with van der Waals surface area (Å²) in [6.07, 6.45) is 2.04. The van der Waals surface area contributed by atoms with Crippen LogP contribution >= 0.6 is 11.6 Å². The number of amides is 1. The molecular formula is C11H13ClN2O2. The largest absolute Gasteiger partial charge is 0.396 e. The second-order valence-electron chi connectivity index (χ2n) is 4.08. The number of pyridine rings is 1. The summed E-state index contributed by atoms with van der Waals surface area (Å²) in [5.74, 6) is -0.00238. The Labute approximate surface area is 98.9 Å². The molecule has 0 spiro atoms. The van der Waals surface area contributed by atoms with Gasteiger partial charge in [-0.1, -0.05) is 11.6 Å². The van der Waals surface area contributed by atoms with Gasteiger partial charge in [-0.3, -0.25) is 4.79 Å². The van der Waals surface area contributed by atoms with Gasteiger partial charge in [0.25, 0.3) is 0 Å². The highest BCUT2D eigenvalue weighted by atomic mass is 35.5. The molecule has 4 nitrogen and oxygen atoms in total. The highest BCUT2D eigenvalue weighted by Crippen LogP contribution is 2.30. The van der Waals surface area contributed by atoms with Crippen LogP contribution in [0.25, 0.3) is 0 Å². The Balaban J connectivity index is 2.30. The fraction of sp³-hybridized carbons (Fsp3) is 0.455. The van der Waals surface area contributed by atoms with Crippen LogP contribution in [0.4, 0.5) is 5.69 Å².